The van der Waals surface area contributed by atoms with E-state index >= 15 is 0 Å². The van der Waals surface area contributed by atoms with Crippen molar-refractivity contribution >= 4 is 6.41 Å². The van der Waals surface area contributed by atoms with Gasteiger partial charge in [0.05, 0.1) is 6.61 Å². The van der Waals surface area contributed by atoms with Gasteiger partial charge in [-0.1, -0.05) is 45.4 Å². The first kappa shape index (κ1) is 16.8. The standard InChI is InChI=1S/C10H21NO2.Na.H/c1-2-3-4-5-6-7-8-9-13-11-10-12;;/h10H,2-9H2,1H3,(H,11,12);;/q;+1;-1. The number of nitrogens with one attached hydrogen (secondary N) is 1. The number of rotatable bonds is 10. The molecule has 0 saturated heterocycles. The van der Waals surface area contributed by atoms with E-state index in [1.54, 1.807) is 0 Å². The molecule has 3 nitrogen and oxygen atoms in total. The minimum absolute atomic E-state index is 0. The van der Waals surface area contributed by atoms with Crippen molar-refractivity contribution in [2.75, 3.05) is 6.61 Å². The van der Waals surface area contributed by atoms with E-state index in [0.29, 0.717) is 13.0 Å². The second-order valence-corrected chi connectivity index (χ2v) is 3.21. The third-order valence-corrected chi connectivity index (χ3v) is 1.98. The summed E-state index contributed by atoms with van der Waals surface area (Å²) in [7, 11) is 0. The molecule has 0 aliphatic carbocycles. The van der Waals surface area contributed by atoms with Gasteiger partial charge in [0.15, 0.2) is 0 Å². The zero-order valence-corrected chi connectivity index (χ0v) is 11.6. The van der Waals surface area contributed by atoms with Crippen LogP contribution in [-0.2, 0) is 9.63 Å². The van der Waals surface area contributed by atoms with Gasteiger partial charge in [0, 0.05) is 0 Å². The van der Waals surface area contributed by atoms with Gasteiger partial charge in [0.1, 0.15) is 0 Å². The molecule has 4 heteroatoms. The van der Waals surface area contributed by atoms with Crippen molar-refractivity contribution in [3.8, 4) is 0 Å². The molecule has 0 aliphatic heterocycles. The molecule has 80 valence electrons. The molecule has 1 amide bonds. The second kappa shape index (κ2) is 15.9. The summed E-state index contributed by atoms with van der Waals surface area (Å²) in [6, 6.07) is 0. The summed E-state index contributed by atoms with van der Waals surface area (Å²) < 4.78 is 0. The summed E-state index contributed by atoms with van der Waals surface area (Å²) in [6.45, 7) is 2.85. The molecule has 0 aromatic heterocycles. The number of hydroxylamine groups is 1. The first-order valence-corrected chi connectivity index (χ1v) is 5.22. The number of unbranched alkanes of at least 4 members (excludes halogenated alkanes) is 6. The smallest absolute Gasteiger partial charge is 1.00 e. The second-order valence-electron chi connectivity index (χ2n) is 3.21. The molecule has 14 heavy (non-hydrogen) atoms. The van der Waals surface area contributed by atoms with Crippen molar-refractivity contribution in [2.45, 2.75) is 51.9 Å². The van der Waals surface area contributed by atoms with Crippen LogP contribution in [0.4, 0.5) is 0 Å². The minimum atomic E-state index is 0. The first-order valence-electron chi connectivity index (χ1n) is 5.22. The maximum Gasteiger partial charge on any atom is 1.00 e. The predicted molar refractivity (Wildman–Crippen MR) is 54.3 cm³/mol. The van der Waals surface area contributed by atoms with Gasteiger partial charge in [0.2, 0.25) is 6.41 Å². The van der Waals surface area contributed by atoms with Gasteiger partial charge < -0.3 is 1.43 Å². The Bertz CT molecular complexity index is 118. The van der Waals surface area contributed by atoms with Crippen molar-refractivity contribution in [1.29, 1.82) is 0 Å². The van der Waals surface area contributed by atoms with Crippen LogP contribution in [-0.4, -0.2) is 13.0 Å². The van der Waals surface area contributed by atoms with Gasteiger partial charge in [-0.3, -0.25) is 9.63 Å². The predicted octanol–water partition coefficient (Wildman–Crippen LogP) is -0.469. The SMILES string of the molecule is CCCCCCCCCONC=O.[H-].[Na+]. The van der Waals surface area contributed by atoms with Crippen LogP contribution in [0.1, 0.15) is 53.3 Å². The zero-order chi connectivity index (χ0) is 9.78. The van der Waals surface area contributed by atoms with Crippen molar-refractivity contribution in [3.05, 3.63) is 0 Å². The zero-order valence-electron chi connectivity index (χ0n) is 10.6. The Morgan fingerprint density at radius 2 is 1.71 bits per heavy atom. The fourth-order valence-electron chi connectivity index (χ4n) is 1.22. The Morgan fingerprint density at radius 1 is 1.14 bits per heavy atom. The number of hydrogen-bond donors (Lipinski definition) is 1. The normalized spacial score (nSPS) is 9.21. The number of carbonyl (C=O) groups is 1. The summed E-state index contributed by atoms with van der Waals surface area (Å²) in [5.41, 5.74) is 2.18. The van der Waals surface area contributed by atoms with E-state index in [-0.39, 0.29) is 31.0 Å². The van der Waals surface area contributed by atoms with E-state index in [0.717, 1.165) is 6.42 Å². The van der Waals surface area contributed by atoms with E-state index < -0.39 is 0 Å². The third-order valence-electron chi connectivity index (χ3n) is 1.98. The maximum absolute atomic E-state index is 9.78. The Balaban J connectivity index is -0.000000720. The molecule has 1 N–H and O–H groups in total. The van der Waals surface area contributed by atoms with Crippen molar-refractivity contribution < 1.29 is 40.6 Å². The van der Waals surface area contributed by atoms with Crippen LogP contribution in [0.25, 0.3) is 0 Å². The van der Waals surface area contributed by atoms with Gasteiger partial charge in [-0.2, -0.15) is 0 Å². The molecule has 0 aliphatic rings. The van der Waals surface area contributed by atoms with E-state index in [4.69, 9.17) is 4.84 Å². The Labute approximate surface area is 111 Å². The van der Waals surface area contributed by atoms with E-state index in [9.17, 15) is 4.79 Å². The van der Waals surface area contributed by atoms with Crippen molar-refractivity contribution in [3.63, 3.8) is 0 Å². The third kappa shape index (κ3) is 14.9. The number of carbonyl (C=O) groups excluding carboxylic acids is 1. The average molecular weight is 211 g/mol. The largest absolute Gasteiger partial charge is 1.00 e. The summed E-state index contributed by atoms with van der Waals surface area (Å²) in [6.07, 6.45) is 9.40. The quantitative estimate of drug-likeness (QED) is 0.230. The molecule has 0 saturated carbocycles. The van der Waals surface area contributed by atoms with Crippen LogP contribution < -0.4 is 35.0 Å². The molecule has 0 aromatic rings. The van der Waals surface area contributed by atoms with Crippen LogP contribution in [0.15, 0.2) is 0 Å². The maximum atomic E-state index is 9.78. The summed E-state index contributed by atoms with van der Waals surface area (Å²) >= 11 is 0. The summed E-state index contributed by atoms with van der Waals surface area (Å²) in [5.74, 6) is 0. The van der Waals surface area contributed by atoms with Crippen molar-refractivity contribution in [2.24, 2.45) is 0 Å². The summed E-state index contributed by atoms with van der Waals surface area (Å²) in [4.78, 5) is 14.6. The van der Waals surface area contributed by atoms with Crippen LogP contribution in [0, 0.1) is 0 Å². The molecule has 0 unspecified atom stereocenters. The van der Waals surface area contributed by atoms with Crippen LogP contribution in [0.5, 0.6) is 0 Å². The van der Waals surface area contributed by atoms with Gasteiger partial charge in [0.25, 0.3) is 0 Å². The molecular weight excluding hydrogens is 189 g/mol. The molecule has 0 spiro atoms. The molecule has 0 heterocycles. The molecule has 0 rings (SSSR count). The van der Waals surface area contributed by atoms with Crippen molar-refractivity contribution in [1.82, 2.24) is 5.48 Å². The molecule has 0 bridgehead atoms. The topological polar surface area (TPSA) is 38.3 Å². The fourth-order valence-corrected chi connectivity index (χ4v) is 1.22. The summed E-state index contributed by atoms with van der Waals surface area (Å²) in [5, 5.41) is 0. The van der Waals surface area contributed by atoms with Gasteiger partial charge >= 0.3 is 29.6 Å². The van der Waals surface area contributed by atoms with Crippen LogP contribution in [0.2, 0.25) is 0 Å². The van der Waals surface area contributed by atoms with Gasteiger partial charge in [-0.05, 0) is 6.42 Å². The first-order chi connectivity index (χ1) is 6.41. The van der Waals surface area contributed by atoms with Gasteiger partial charge in [-0.15, -0.1) is 0 Å². The Morgan fingerprint density at radius 3 is 2.29 bits per heavy atom. The Hall–Kier alpha value is 0.430. The van der Waals surface area contributed by atoms with Crippen LogP contribution >= 0.6 is 0 Å². The molecule has 0 atom stereocenters. The number of amides is 1. The monoisotopic (exact) mass is 211 g/mol. The van der Waals surface area contributed by atoms with E-state index in [1.807, 2.05) is 0 Å². The minimum Gasteiger partial charge on any atom is -1.00 e. The van der Waals surface area contributed by atoms with E-state index in [1.165, 1.54) is 38.5 Å². The molecular formula is C10H22NNaO2. The van der Waals surface area contributed by atoms with Gasteiger partial charge in [-0.25, -0.2) is 5.48 Å². The molecule has 0 radical (unpaired) electrons. The molecule has 0 aromatic carbocycles. The average Bonchev–Trinajstić information content (AvgIpc) is 2.16. The van der Waals surface area contributed by atoms with Crippen LogP contribution in [0.3, 0.4) is 0 Å². The fraction of sp³-hybridized carbons (Fsp3) is 0.900. The Kier molecular flexibility index (Phi) is 19.1. The molecule has 0 fully saturated rings. The van der Waals surface area contributed by atoms with E-state index in [2.05, 4.69) is 12.4 Å². The number of hydrogen-bond acceptors (Lipinski definition) is 2.